The van der Waals surface area contributed by atoms with E-state index in [2.05, 4.69) is 15.4 Å². The molecule has 1 aliphatic heterocycles. The Morgan fingerprint density at radius 3 is 2.78 bits per heavy atom. The molecule has 0 atom stereocenters. The van der Waals surface area contributed by atoms with Gasteiger partial charge in [-0.2, -0.15) is 0 Å². The summed E-state index contributed by atoms with van der Waals surface area (Å²) in [5.74, 6) is -0.444. The molecule has 0 radical (unpaired) electrons. The third-order valence-corrected chi connectivity index (χ3v) is 4.33. The molecular weight excluding hydrogens is 372 g/mol. The first-order valence-electron chi connectivity index (χ1n) is 8.19. The van der Waals surface area contributed by atoms with Crippen molar-refractivity contribution in [2.24, 2.45) is 0 Å². The van der Waals surface area contributed by atoms with Crippen LogP contribution in [0, 0.1) is 0 Å². The second-order valence-electron chi connectivity index (χ2n) is 5.89. The third kappa shape index (κ3) is 4.57. The summed E-state index contributed by atoms with van der Waals surface area (Å²) in [4.78, 5) is 35.1. The van der Waals surface area contributed by atoms with E-state index in [-0.39, 0.29) is 18.1 Å². The molecule has 0 fully saturated rings. The van der Waals surface area contributed by atoms with Gasteiger partial charge in [0.15, 0.2) is 6.61 Å². The number of anilines is 2. The zero-order valence-electron chi connectivity index (χ0n) is 14.5. The molecule has 1 aliphatic rings. The topological polar surface area (TPSA) is 93.7 Å². The smallest absolute Gasteiger partial charge is 0.337 e. The lowest BCUT2D eigenvalue weighted by Gasteiger charge is -2.17. The largest absolute Gasteiger partial charge is 0.484 e. The molecule has 0 aromatic heterocycles. The van der Waals surface area contributed by atoms with Crippen molar-refractivity contribution in [3.8, 4) is 5.75 Å². The van der Waals surface area contributed by atoms with E-state index < -0.39 is 11.9 Å². The van der Waals surface area contributed by atoms with Crippen molar-refractivity contribution in [1.29, 1.82) is 0 Å². The number of fused-ring (bicyclic) bond motifs is 1. The fourth-order valence-electron chi connectivity index (χ4n) is 2.65. The highest BCUT2D eigenvalue weighted by Gasteiger charge is 2.16. The molecular formula is C19H17ClN2O5. The maximum atomic E-state index is 12.2. The number of hydrogen-bond donors (Lipinski definition) is 2. The molecule has 0 spiro atoms. The summed E-state index contributed by atoms with van der Waals surface area (Å²) >= 11 is 6.05. The van der Waals surface area contributed by atoms with Crippen LogP contribution in [0.1, 0.15) is 22.3 Å². The van der Waals surface area contributed by atoms with Crippen molar-refractivity contribution >= 4 is 40.8 Å². The summed E-state index contributed by atoms with van der Waals surface area (Å²) in [5.41, 5.74) is 2.28. The first-order valence-corrected chi connectivity index (χ1v) is 8.57. The van der Waals surface area contributed by atoms with Gasteiger partial charge in [0.25, 0.3) is 5.91 Å². The summed E-state index contributed by atoms with van der Waals surface area (Å²) in [7, 11) is 1.27. The van der Waals surface area contributed by atoms with Crippen molar-refractivity contribution < 1.29 is 23.9 Å². The fraction of sp³-hybridized carbons (Fsp3) is 0.211. The lowest BCUT2D eigenvalue weighted by Crippen LogP contribution is -2.21. The van der Waals surface area contributed by atoms with Gasteiger partial charge in [0.2, 0.25) is 5.91 Å². The van der Waals surface area contributed by atoms with Gasteiger partial charge in [0, 0.05) is 12.1 Å². The SMILES string of the molecule is COC(=O)c1ccc(Cl)c(NC(=O)COc2ccc3c(c2)CCC(=O)N3)c1. The zero-order valence-corrected chi connectivity index (χ0v) is 15.3. The lowest BCUT2D eigenvalue weighted by atomic mass is 10.0. The standard InChI is InChI=1S/C19H17ClN2O5/c1-26-19(25)12-2-5-14(20)16(9-12)22-18(24)10-27-13-4-6-15-11(8-13)3-7-17(23)21-15/h2,4-6,8-9H,3,7,10H2,1H3,(H,21,23)(H,22,24). The number of methoxy groups -OCH3 is 1. The number of esters is 1. The highest BCUT2D eigenvalue weighted by atomic mass is 35.5. The number of ether oxygens (including phenoxy) is 2. The van der Waals surface area contributed by atoms with Crippen LogP contribution in [-0.4, -0.2) is 31.5 Å². The predicted octanol–water partition coefficient (Wildman–Crippen LogP) is 3.03. The van der Waals surface area contributed by atoms with Crippen molar-refractivity contribution in [3.05, 3.63) is 52.5 Å². The average Bonchev–Trinajstić information content (AvgIpc) is 2.67. The van der Waals surface area contributed by atoms with Gasteiger partial charge in [-0.3, -0.25) is 9.59 Å². The number of rotatable bonds is 5. The number of hydrogen-bond acceptors (Lipinski definition) is 5. The van der Waals surface area contributed by atoms with Crippen LogP contribution >= 0.6 is 11.6 Å². The van der Waals surface area contributed by atoms with Gasteiger partial charge in [0.1, 0.15) is 5.75 Å². The van der Waals surface area contributed by atoms with Gasteiger partial charge < -0.3 is 20.1 Å². The Balaban J connectivity index is 1.62. The first-order chi connectivity index (χ1) is 13.0. The Morgan fingerprint density at radius 2 is 2.00 bits per heavy atom. The van der Waals surface area contributed by atoms with Crippen molar-refractivity contribution in [1.82, 2.24) is 0 Å². The Kier molecular flexibility index (Phi) is 5.61. The quantitative estimate of drug-likeness (QED) is 0.768. The summed E-state index contributed by atoms with van der Waals surface area (Å²) in [6, 6.07) is 9.67. The first kappa shape index (κ1) is 18.7. The molecule has 8 heteroatoms. The second kappa shape index (κ2) is 8.09. The second-order valence-corrected chi connectivity index (χ2v) is 6.30. The van der Waals surface area contributed by atoms with E-state index in [1.165, 1.54) is 25.3 Å². The molecule has 140 valence electrons. The molecule has 0 aliphatic carbocycles. The maximum absolute atomic E-state index is 12.2. The summed E-state index contributed by atoms with van der Waals surface area (Å²) in [6.07, 6.45) is 1.05. The van der Waals surface area contributed by atoms with Gasteiger partial charge in [0.05, 0.1) is 23.4 Å². The Labute approximate surface area is 160 Å². The van der Waals surface area contributed by atoms with Crippen LogP contribution in [0.5, 0.6) is 5.75 Å². The van der Waals surface area contributed by atoms with Crippen LogP contribution in [0.3, 0.4) is 0 Å². The Morgan fingerprint density at radius 1 is 1.19 bits per heavy atom. The number of benzene rings is 2. The van der Waals surface area contributed by atoms with Crippen LogP contribution in [-0.2, 0) is 20.7 Å². The Bertz CT molecular complexity index is 913. The third-order valence-electron chi connectivity index (χ3n) is 4.00. The normalized spacial score (nSPS) is 12.6. The van der Waals surface area contributed by atoms with E-state index in [0.717, 1.165) is 11.3 Å². The van der Waals surface area contributed by atoms with Crippen molar-refractivity contribution in [3.63, 3.8) is 0 Å². The average molecular weight is 389 g/mol. The number of halogens is 1. The van der Waals surface area contributed by atoms with Crippen LogP contribution in [0.2, 0.25) is 5.02 Å². The van der Waals surface area contributed by atoms with Crippen LogP contribution < -0.4 is 15.4 Å². The number of carbonyl (C=O) groups excluding carboxylic acids is 3. The molecule has 2 N–H and O–H groups in total. The van der Waals surface area contributed by atoms with E-state index in [0.29, 0.717) is 29.3 Å². The fourth-order valence-corrected chi connectivity index (χ4v) is 2.82. The van der Waals surface area contributed by atoms with Crippen molar-refractivity contribution in [2.75, 3.05) is 24.4 Å². The van der Waals surface area contributed by atoms with E-state index in [4.69, 9.17) is 16.3 Å². The monoisotopic (exact) mass is 388 g/mol. The Hall–Kier alpha value is -3.06. The minimum Gasteiger partial charge on any atom is -0.484 e. The number of aryl methyl sites for hydroxylation is 1. The summed E-state index contributed by atoms with van der Waals surface area (Å²) in [6.45, 7) is -0.232. The minimum absolute atomic E-state index is 0.0124. The minimum atomic E-state index is -0.528. The summed E-state index contributed by atoms with van der Waals surface area (Å²) in [5, 5.41) is 5.68. The van der Waals surface area contributed by atoms with Gasteiger partial charge in [-0.05, 0) is 48.4 Å². The number of carbonyl (C=O) groups is 3. The molecule has 2 aromatic rings. The van der Waals surface area contributed by atoms with Gasteiger partial charge in [-0.1, -0.05) is 11.6 Å². The maximum Gasteiger partial charge on any atom is 0.337 e. The molecule has 0 unspecified atom stereocenters. The number of amides is 2. The van der Waals surface area contributed by atoms with Gasteiger partial charge in [-0.25, -0.2) is 4.79 Å². The molecule has 0 bridgehead atoms. The molecule has 0 saturated heterocycles. The molecule has 27 heavy (non-hydrogen) atoms. The highest BCUT2D eigenvalue weighted by Crippen LogP contribution is 2.27. The van der Waals surface area contributed by atoms with Crippen LogP contribution in [0.15, 0.2) is 36.4 Å². The molecule has 0 saturated carbocycles. The highest BCUT2D eigenvalue weighted by molar-refractivity contribution is 6.33. The van der Waals surface area contributed by atoms with Crippen molar-refractivity contribution in [2.45, 2.75) is 12.8 Å². The number of nitrogens with one attached hydrogen (secondary N) is 2. The predicted molar refractivity (Wildman–Crippen MR) is 100 cm³/mol. The molecule has 7 nitrogen and oxygen atoms in total. The van der Waals surface area contributed by atoms with E-state index in [1.54, 1.807) is 18.2 Å². The van der Waals surface area contributed by atoms with Gasteiger partial charge in [-0.15, -0.1) is 0 Å². The summed E-state index contributed by atoms with van der Waals surface area (Å²) < 4.78 is 10.2. The zero-order chi connectivity index (χ0) is 19.4. The van der Waals surface area contributed by atoms with Gasteiger partial charge >= 0.3 is 5.97 Å². The molecule has 2 amide bonds. The van der Waals surface area contributed by atoms with E-state index >= 15 is 0 Å². The van der Waals surface area contributed by atoms with Crippen LogP contribution in [0.4, 0.5) is 11.4 Å². The van der Waals surface area contributed by atoms with E-state index in [9.17, 15) is 14.4 Å². The molecule has 1 heterocycles. The molecule has 2 aromatic carbocycles. The van der Waals surface area contributed by atoms with Crippen LogP contribution in [0.25, 0.3) is 0 Å². The van der Waals surface area contributed by atoms with E-state index in [1.807, 2.05) is 0 Å². The molecule has 3 rings (SSSR count). The lowest BCUT2D eigenvalue weighted by molar-refractivity contribution is -0.118.